The van der Waals surface area contributed by atoms with E-state index in [2.05, 4.69) is 33.2 Å². The summed E-state index contributed by atoms with van der Waals surface area (Å²) in [6.07, 6.45) is 2.21. The molecular formula is C19H26N4O. The number of aromatic nitrogens is 2. The van der Waals surface area contributed by atoms with E-state index in [1.165, 1.54) is 0 Å². The normalized spacial score (nSPS) is 10.5. The van der Waals surface area contributed by atoms with Crippen molar-refractivity contribution in [2.45, 2.75) is 40.5 Å². The molecule has 0 saturated carbocycles. The molecule has 5 heteroatoms. The van der Waals surface area contributed by atoms with Gasteiger partial charge in [-0.2, -0.15) is 0 Å². The van der Waals surface area contributed by atoms with E-state index in [9.17, 15) is 4.79 Å². The van der Waals surface area contributed by atoms with Crippen molar-refractivity contribution < 1.29 is 4.79 Å². The summed E-state index contributed by atoms with van der Waals surface area (Å²) in [5.41, 5.74) is 3.41. The topological polar surface area (TPSA) is 58.1 Å². The van der Waals surface area contributed by atoms with Gasteiger partial charge in [0.25, 0.3) is 5.91 Å². The van der Waals surface area contributed by atoms with Gasteiger partial charge in [0, 0.05) is 25.3 Å². The van der Waals surface area contributed by atoms with Gasteiger partial charge >= 0.3 is 0 Å². The Kier molecular flexibility index (Phi) is 5.90. The molecule has 0 fully saturated rings. The van der Waals surface area contributed by atoms with Gasteiger partial charge in [0.1, 0.15) is 17.3 Å². The first kappa shape index (κ1) is 17.9. The molecular weight excluding hydrogens is 300 g/mol. The predicted molar refractivity (Wildman–Crippen MR) is 98.8 cm³/mol. The molecule has 0 spiro atoms. The second-order valence-corrected chi connectivity index (χ2v) is 6.26. The van der Waals surface area contributed by atoms with Crippen molar-refractivity contribution in [3.8, 4) is 0 Å². The lowest BCUT2D eigenvalue weighted by Gasteiger charge is -2.18. The number of unbranched alkanes of at least 4 members (excludes halogenated alkanes) is 1. The maximum atomic E-state index is 12.6. The largest absolute Gasteiger partial charge is 0.360 e. The summed E-state index contributed by atoms with van der Waals surface area (Å²) >= 11 is 0. The fourth-order valence-electron chi connectivity index (χ4n) is 2.62. The average Bonchev–Trinajstić information content (AvgIpc) is 2.50. The monoisotopic (exact) mass is 326 g/mol. The Morgan fingerprint density at radius 3 is 2.38 bits per heavy atom. The second-order valence-electron chi connectivity index (χ2n) is 6.26. The van der Waals surface area contributed by atoms with E-state index in [4.69, 9.17) is 0 Å². The number of aryl methyl sites for hydroxylation is 3. The number of rotatable bonds is 6. The molecule has 2 aromatic rings. The van der Waals surface area contributed by atoms with Crippen LogP contribution in [-0.4, -0.2) is 29.5 Å². The molecule has 1 aromatic heterocycles. The molecule has 1 amide bonds. The minimum atomic E-state index is -0.212. The van der Waals surface area contributed by atoms with Crippen LogP contribution < -0.4 is 10.2 Å². The van der Waals surface area contributed by atoms with E-state index in [1.54, 1.807) is 6.07 Å². The summed E-state index contributed by atoms with van der Waals surface area (Å²) in [4.78, 5) is 23.3. The fraction of sp³-hybridized carbons (Fsp3) is 0.421. The highest BCUT2D eigenvalue weighted by atomic mass is 16.1. The number of carbonyl (C=O) groups excluding carboxylic acids is 1. The third-order valence-electron chi connectivity index (χ3n) is 3.77. The second kappa shape index (κ2) is 7.90. The highest BCUT2D eigenvalue weighted by molar-refractivity contribution is 6.03. The van der Waals surface area contributed by atoms with Gasteiger partial charge in [0.2, 0.25) is 0 Å². The Hall–Kier alpha value is -2.43. The minimum Gasteiger partial charge on any atom is -0.360 e. The van der Waals surface area contributed by atoms with Crippen molar-refractivity contribution in [2.24, 2.45) is 0 Å². The van der Waals surface area contributed by atoms with Gasteiger partial charge < -0.3 is 10.2 Å². The molecule has 128 valence electrons. The zero-order valence-electron chi connectivity index (χ0n) is 15.2. The number of benzene rings is 1. The maximum absolute atomic E-state index is 12.6. The lowest BCUT2D eigenvalue weighted by atomic mass is 10.1. The summed E-state index contributed by atoms with van der Waals surface area (Å²) in [5.74, 6) is 1.17. The zero-order valence-corrected chi connectivity index (χ0v) is 15.2. The first-order chi connectivity index (χ1) is 11.4. The molecule has 0 aliphatic heterocycles. The van der Waals surface area contributed by atoms with Crippen LogP contribution in [0.1, 0.15) is 47.2 Å². The van der Waals surface area contributed by atoms with E-state index >= 15 is 0 Å². The summed E-state index contributed by atoms with van der Waals surface area (Å²) in [7, 11) is 1.99. The Bertz CT molecular complexity index is 707. The van der Waals surface area contributed by atoms with E-state index in [0.29, 0.717) is 11.5 Å². The third-order valence-corrected chi connectivity index (χ3v) is 3.77. The van der Waals surface area contributed by atoms with Crippen LogP contribution in [0, 0.1) is 20.8 Å². The first-order valence-electron chi connectivity index (χ1n) is 8.35. The molecule has 1 aromatic carbocycles. The van der Waals surface area contributed by atoms with Crippen LogP contribution in [0.3, 0.4) is 0 Å². The van der Waals surface area contributed by atoms with Crippen LogP contribution in [0.5, 0.6) is 0 Å². The molecule has 0 unspecified atom stereocenters. The molecule has 1 N–H and O–H groups in total. The number of hydrogen-bond donors (Lipinski definition) is 1. The number of anilines is 2. The average molecular weight is 326 g/mol. The molecule has 0 aliphatic carbocycles. The summed E-state index contributed by atoms with van der Waals surface area (Å²) in [6, 6.07) is 7.73. The fourth-order valence-corrected chi connectivity index (χ4v) is 2.62. The van der Waals surface area contributed by atoms with Gasteiger partial charge in [0.05, 0.1) is 0 Å². The standard InChI is InChI=1S/C19H26N4O/c1-6-7-8-23(5)18-12-17(20-15(4)21-18)19(24)22-16-10-13(2)9-14(3)11-16/h9-12H,6-8H2,1-5H3,(H,22,24). The van der Waals surface area contributed by atoms with Crippen LogP contribution in [0.2, 0.25) is 0 Å². The van der Waals surface area contributed by atoms with Crippen molar-refractivity contribution in [2.75, 3.05) is 23.8 Å². The van der Waals surface area contributed by atoms with Crippen LogP contribution in [0.25, 0.3) is 0 Å². The summed E-state index contributed by atoms with van der Waals surface area (Å²) in [5, 5.41) is 2.93. The molecule has 0 radical (unpaired) electrons. The molecule has 0 aliphatic rings. The Labute approximate surface area is 144 Å². The number of hydrogen-bond acceptors (Lipinski definition) is 4. The molecule has 1 heterocycles. The third kappa shape index (κ3) is 4.78. The van der Waals surface area contributed by atoms with Crippen molar-refractivity contribution in [3.63, 3.8) is 0 Å². The Morgan fingerprint density at radius 2 is 1.75 bits per heavy atom. The summed E-state index contributed by atoms with van der Waals surface area (Å²) < 4.78 is 0. The SMILES string of the molecule is CCCCN(C)c1cc(C(=O)Nc2cc(C)cc(C)c2)nc(C)n1. The van der Waals surface area contributed by atoms with Crippen molar-refractivity contribution in [1.82, 2.24) is 9.97 Å². The van der Waals surface area contributed by atoms with E-state index < -0.39 is 0 Å². The highest BCUT2D eigenvalue weighted by Crippen LogP contribution is 2.16. The van der Waals surface area contributed by atoms with Gasteiger partial charge in [-0.3, -0.25) is 4.79 Å². The van der Waals surface area contributed by atoms with Crippen molar-refractivity contribution >= 4 is 17.4 Å². The molecule has 2 rings (SSSR count). The van der Waals surface area contributed by atoms with Crippen molar-refractivity contribution in [3.05, 3.63) is 46.9 Å². The van der Waals surface area contributed by atoms with Gasteiger partial charge in [0.15, 0.2) is 0 Å². The zero-order chi connectivity index (χ0) is 17.7. The Balaban J connectivity index is 2.21. The molecule has 24 heavy (non-hydrogen) atoms. The van der Waals surface area contributed by atoms with Gasteiger partial charge in [-0.25, -0.2) is 9.97 Å². The first-order valence-corrected chi connectivity index (χ1v) is 8.35. The summed E-state index contributed by atoms with van der Waals surface area (Å²) in [6.45, 7) is 8.90. The molecule has 5 nitrogen and oxygen atoms in total. The molecule has 0 saturated heterocycles. The lowest BCUT2D eigenvalue weighted by Crippen LogP contribution is -2.22. The van der Waals surface area contributed by atoms with Crippen LogP contribution in [-0.2, 0) is 0 Å². The minimum absolute atomic E-state index is 0.212. The van der Waals surface area contributed by atoms with Crippen LogP contribution in [0.4, 0.5) is 11.5 Å². The van der Waals surface area contributed by atoms with E-state index in [-0.39, 0.29) is 5.91 Å². The van der Waals surface area contributed by atoms with Crippen LogP contribution in [0.15, 0.2) is 24.3 Å². The van der Waals surface area contributed by atoms with Crippen LogP contribution >= 0.6 is 0 Å². The number of amides is 1. The number of nitrogens with zero attached hydrogens (tertiary/aromatic N) is 3. The Morgan fingerprint density at radius 1 is 1.08 bits per heavy atom. The number of nitrogens with one attached hydrogen (secondary N) is 1. The predicted octanol–water partition coefficient (Wildman–Crippen LogP) is 3.89. The quantitative estimate of drug-likeness (QED) is 0.875. The lowest BCUT2D eigenvalue weighted by molar-refractivity contribution is 0.102. The van der Waals surface area contributed by atoms with Gasteiger partial charge in [-0.15, -0.1) is 0 Å². The maximum Gasteiger partial charge on any atom is 0.274 e. The molecule has 0 atom stereocenters. The molecule has 0 bridgehead atoms. The highest BCUT2D eigenvalue weighted by Gasteiger charge is 2.13. The van der Waals surface area contributed by atoms with Gasteiger partial charge in [-0.05, 0) is 50.5 Å². The van der Waals surface area contributed by atoms with Crippen molar-refractivity contribution in [1.29, 1.82) is 0 Å². The van der Waals surface area contributed by atoms with Gasteiger partial charge in [-0.1, -0.05) is 19.4 Å². The number of carbonyl (C=O) groups is 1. The van der Waals surface area contributed by atoms with E-state index in [0.717, 1.165) is 42.0 Å². The smallest absolute Gasteiger partial charge is 0.274 e. The van der Waals surface area contributed by atoms with E-state index in [1.807, 2.05) is 40.0 Å².